The molecule has 23 heteroatoms. The van der Waals surface area contributed by atoms with E-state index in [4.69, 9.17) is 28.9 Å². The normalized spacial score (nSPS) is 15.9. The van der Waals surface area contributed by atoms with E-state index in [0.717, 1.165) is 141 Å². The summed E-state index contributed by atoms with van der Waals surface area (Å²) >= 11 is 0. The molecule has 7 N–H and O–H groups in total. The van der Waals surface area contributed by atoms with Crippen molar-refractivity contribution in [3.8, 4) is 33.8 Å². The third-order valence-electron chi connectivity index (χ3n) is 20.6. The Kier molecular flexibility index (Phi) is 23.8. The number of methoxy groups -OCH3 is 2. The molecule has 0 aliphatic carbocycles. The van der Waals surface area contributed by atoms with Gasteiger partial charge in [-0.15, -0.1) is 0 Å². The summed E-state index contributed by atoms with van der Waals surface area (Å²) in [5, 5.41) is 34.3. The number of nitrogens with zero attached hydrogens (tertiary/aromatic N) is 7. The van der Waals surface area contributed by atoms with Gasteiger partial charge in [-0.05, 0) is 159 Å². The number of piperazine rings is 1. The van der Waals surface area contributed by atoms with Crippen molar-refractivity contribution in [2.75, 3.05) is 64.4 Å². The van der Waals surface area contributed by atoms with Crippen molar-refractivity contribution in [3.63, 3.8) is 0 Å². The zero-order chi connectivity index (χ0) is 73.6. The number of fused-ring (bicyclic) bond motifs is 4. The number of hydrogen-bond donors (Lipinski definition) is 7. The van der Waals surface area contributed by atoms with Crippen LogP contribution in [0.15, 0.2) is 146 Å². The summed E-state index contributed by atoms with van der Waals surface area (Å²) in [7, 11) is 3.22. The molecule has 106 heavy (non-hydrogen) atoms. The van der Waals surface area contributed by atoms with E-state index in [9.17, 15) is 24.0 Å². The first-order valence-electron chi connectivity index (χ1n) is 37.0. The lowest BCUT2D eigenvalue weighted by atomic mass is 10.00. The fourth-order valence-electron chi connectivity index (χ4n) is 14.8. The summed E-state index contributed by atoms with van der Waals surface area (Å²) in [6, 6.07) is 43.1. The number of aldehydes is 1. The Balaban J connectivity index is 0.000000189. The molecule has 2 bridgehead atoms. The molecule has 4 fully saturated rings. The molecule has 0 spiro atoms. The maximum atomic E-state index is 13.7. The van der Waals surface area contributed by atoms with Gasteiger partial charge < -0.3 is 56.2 Å². The number of carbonyl (C=O) groups excluding carboxylic acids is 5. The number of rotatable bonds is 27. The Hall–Kier alpha value is -10.9. The van der Waals surface area contributed by atoms with Gasteiger partial charge in [0.05, 0.1) is 48.8 Å². The number of pyridine rings is 2. The van der Waals surface area contributed by atoms with E-state index in [1.165, 1.54) is 12.0 Å². The molecule has 2 atom stereocenters. The third-order valence-corrected chi connectivity index (χ3v) is 20.6. The maximum Gasteiger partial charge on any atom is 0.251 e. The van der Waals surface area contributed by atoms with Crippen LogP contribution in [-0.2, 0) is 68.1 Å². The summed E-state index contributed by atoms with van der Waals surface area (Å²) in [4.78, 5) is 77.9. The standard InChI is InChI=1S/C44H52N8O4.C39H42N6O5/c1-4-39-37(41(49-34-14-16-56-17-15-34)38-25-48-52(5-2)42(38)50-39)24-47-44(54)32-11-7-10-31(20-32)43(53)46-22-33-19-30(12-13-40(33)55-3)29-9-6-8-28(18-29)26-51-27-35-21-36(51)23-45-35;1-4-34-32(36(43-31-14-16-50-17-15-31)33-23-42-45(5-2)37(33)44-34)22-41-39(48)29-11-7-10-28(20-29)38(47)40-21-30-19-27(12-13-35(30)49-3)26-9-6-8-25(18-26)24-46/h6-13,18-20,25,34-36,45H,4-5,14-17,21-24,26-27H2,1-3H3,(H,46,53)(H,47,54)(H,49,50);6-13,18-20,23-24,31H,4-5,14-17,21-22H2,1-3H3,(H,40,47)(H,41,48)(H,43,44)/t35-,36-;/m0./s1. The van der Waals surface area contributed by atoms with Crippen LogP contribution < -0.4 is 46.7 Å². The molecule has 4 aliphatic rings. The van der Waals surface area contributed by atoms with E-state index < -0.39 is 0 Å². The second-order valence-electron chi connectivity index (χ2n) is 27.3. The second kappa shape index (κ2) is 34.4. The van der Waals surface area contributed by atoms with Gasteiger partial charge in [-0.25, -0.2) is 19.3 Å². The topological polar surface area (TPSA) is 271 Å². The first-order chi connectivity index (χ1) is 51.8. The van der Waals surface area contributed by atoms with Crippen LogP contribution in [-0.4, -0.2) is 142 Å². The quantitative estimate of drug-likeness (QED) is 0.0236. The van der Waals surface area contributed by atoms with Crippen molar-refractivity contribution >= 4 is 63.4 Å². The van der Waals surface area contributed by atoms with E-state index in [-0.39, 0.29) is 61.9 Å². The van der Waals surface area contributed by atoms with Crippen molar-refractivity contribution in [2.45, 2.75) is 143 Å². The third kappa shape index (κ3) is 16.9. The number of nitrogens with one attached hydrogen (secondary N) is 7. The Morgan fingerprint density at radius 2 is 0.981 bits per heavy atom. The van der Waals surface area contributed by atoms with Crippen LogP contribution in [0, 0.1) is 0 Å². The van der Waals surface area contributed by atoms with Gasteiger partial charge in [0.25, 0.3) is 23.6 Å². The second-order valence-corrected chi connectivity index (χ2v) is 27.3. The molecule has 6 aromatic carbocycles. The first-order valence-corrected chi connectivity index (χ1v) is 37.0. The highest BCUT2D eigenvalue weighted by Crippen LogP contribution is 2.36. The smallest absolute Gasteiger partial charge is 0.251 e. The predicted molar refractivity (Wildman–Crippen MR) is 411 cm³/mol. The number of anilines is 2. The molecule has 0 unspecified atom stereocenters. The molecule has 0 saturated carbocycles. The lowest BCUT2D eigenvalue weighted by Gasteiger charge is -2.27. The Morgan fingerprint density at radius 3 is 1.41 bits per heavy atom. The molecule has 4 saturated heterocycles. The number of carbonyl (C=O) groups is 5. The average molecular weight is 1430 g/mol. The number of amides is 4. The maximum absolute atomic E-state index is 13.7. The Labute approximate surface area is 617 Å². The summed E-state index contributed by atoms with van der Waals surface area (Å²) in [5.74, 6) is 0.158. The Bertz CT molecular complexity index is 4830. The van der Waals surface area contributed by atoms with Crippen molar-refractivity contribution in [3.05, 3.63) is 213 Å². The van der Waals surface area contributed by atoms with Crippen molar-refractivity contribution in [2.24, 2.45) is 0 Å². The fourth-order valence-corrected chi connectivity index (χ4v) is 14.8. The number of hydrogen-bond acceptors (Lipinski definition) is 17. The van der Waals surface area contributed by atoms with Gasteiger partial charge in [0.15, 0.2) is 11.3 Å². The molecule has 4 aliphatic heterocycles. The van der Waals surface area contributed by atoms with Crippen LogP contribution in [0.4, 0.5) is 11.4 Å². The highest BCUT2D eigenvalue weighted by Gasteiger charge is 2.37. The highest BCUT2D eigenvalue weighted by atomic mass is 16.5. The lowest BCUT2D eigenvalue weighted by Crippen LogP contribution is -2.42. The van der Waals surface area contributed by atoms with Gasteiger partial charge in [-0.2, -0.15) is 10.2 Å². The van der Waals surface area contributed by atoms with Gasteiger partial charge in [-0.3, -0.25) is 28.9 Å². The van der Waals surface area contributed by atoms with Crippen LogP contribution >= 0.6 is 0 Å². The van der Waals surface area contributed by atoms with E-state index in [1.807, 2.05) is 71.1 Å². The summed E-state index contributed by atoms with van der Waals surface area (Å²) in [6.45, 7) is 16.6. The largest absolute Gasteiger partial charge is 0.496 e. The number of ether oxygens (including phenoxy) is 4. The predicted octanol–water partition coefficient (Wildman–Crippen LogP) is 11.6. The summed E-state index contributed by atoms with van der Waals surface area (Å²) < 4.78 is 26.2. The molecule has 4 aromatic heterocycles. The highest BCUT2D eigenvalue weighted by molar-refractivity contribution is 6.01. The number of likely N-dealkylation sites (tertiary alicyclic amines) is 1. The van der Waals surface area contributed by atoms with Crippen molar-refractivity contribution in [1.82, 2.24) is 61.0 Å². The number of aryl methyl sites for hydroxylation is 4. The summed E-state index contributed by atoms with van der Waals surface area (Å²) in [6.07, 6.45) is 10.7. The van der Waals surface area contributed by atoms with E-state index >= 15 is 0 Å². The number of benzene rings is 6. The van der Waals surface area contributed by atoms with Gasteiger partial charge in [0.1, 0.15) is 17.8 Å². The van der Waals surface area contributed by atoms with Crippen LogP contribution in [0.1, 0.15) is 151 Å². The van der Waals surface area contributed by atoms with E-state index in [2.05, 4.69) is 109 Å². The molecular weight excluding hydrogens is 1340 g/mol. The minimum Gasteiger partial charge on any atom is -0.496 e. The van der Waals surface area contributed by atoms with Crippen LogP contribution in [0.3, 0.4) is 0 Å². The molecule has 550 valence electrons. The minimum absolute atomic E-state index is 0.201. The zero-order valence-corrected chi connectivity index (χ0v) is 61.2. The zero-order valence-electron chi connectivity index (χ0n) is 61.2. The average Bonchev–Trinajstić information content (AvgIpc) is 1.63. The van der Waals surface area contributed by atoms with Crippen LogP contribution in [0.25, 0.3) is 44.3 Å². The van der Waals surface area contributed by atoms with Gasteiger partial charge in [-0.1, -0.05) is 74.5 Å². The van der Waals surface area contributed by atoms with Crippen LogP contribution in [0.5, 0.6) is 11.5 Å². The molecule has 0 radical (unpaired) electrons. The fraction of sp³-hybridized carbons (Fsp3) is 0.361. The van der Waals surface area contributed by atoms with E-state index in [0.29, 0.717) is 104 Å². The SMILES string of the molecule is CCc1nc2c(cnn2CC)c(NC2CCOCC2)c1CNC(=O)c1cccc(C(=O)NCc2cc(-c3cccc(C=O)c3)ccc2OC)c1.CCc1nc2c(cnn2CC)c(NC2CCOCC2)c1CNC(=O)c1cccc(C(=O)NCc2cc(-c3cccc(CN4C[C@@H]5C[C@H]4CN5)c3)ccc2OC)c1. The van der Waals surface area contributed by atoms with Gasteiger partial charge in [0.2, 0.25) is 0 Å². The molecule has 4 amide bonds. The van der Waals surface area contributed by atoms with Crippen LogP contribution in [0.2, 0.25) is 0 Å². The molecule has 23 nitrogen and oxygen atoms in total. The van der Waals surface area contributed by atoms with Crippen molar-refractivity contribution < 1.29 is 42.9 Å². The van der Waals surface area contributed by atoms with Crippen molar-refractivity contribution in [1.29, 1.82) is 0 Å². The lowest BCUT2D eigenvalue weighted by molar-refractivity contribution is 0.0903. The summed E-state index contributed by atoms with van der Waals surface area (Å²) in [5.41, 5.74) is 16.3. The molecule has 14 rings (SSSR count). The first kappa shape index (κ1) is 73.5. The monoisotopic (exact) mass is 1430 g/mol. The van der Waals surface area contributed by atoms with E-state index in [1.54, 1.807) is 68.8 Å². The van der Waals surface area contributed by atoms with Gasteiger partial charge in [0, 0.05) is 171 Å². The van der Waals surface area contributed by atoms with Gasteiger partial charge >= 0.3 is 0 Å². The molecular formula is C83H94N14O9. The molecule has 8 heterocycles. The minimum atomic E-state index is -0.325. The number of aromatic nitrogens is 6. The Morgan fingerprint density at radius 1 is 0.538 bits per heavy atom. The molecule has 10 aromatic rings.